The molecule has 0 saturated heterocycles. The fourth-order valence-corrected chi connectivity index (χ4v) is 2.64. The van der Waals surface area contributed by atoms with Crippen LogP contribution >= 0.6 is 0 Å². The van der Waals surface area contributed by atoms with Crippen molar-refractivity contribution in [3.8, 4) is 0 Å². The van der Waals surface area contributed by atoms with Crippen LogP contribution in [0, 0.1) is 0 Å². The maximum atomic E-state index is 12.4. The second-order valence-corrected chi connectivity index (χ2v) is 6.06. The van der Waals surface area contributed by atoms with Crippen LogP contribution in [0.3, 0.4) is 0 Å². The summed E-state index contributed by atoms with van der Waals surface area (Å²) in [6, 6.07) is 14.2. The van der Waals surface area contributed by atoms with Crippen molar-refractivity contribution in [2.45, 2.75) is 26.3 Å². The van der Waals surface area contributed by atoms with Crippen molar-refractivity contribution >= 4 is 22.7 Å². The van der Waals surface area contributed by atoms with Crippen LogP contribution in [-0.4, -0.2) is 21.4 Å². The van der Waals surface area contributed by atoms with Gasteiger partial charge in [0.25, 0.3) is 11.5 Å². The smallest absolute Gasteiger partial charge is 0.269 e. The van der Waals surface area contributed by atoms with Gasteiger partial charge in [0.1, 0.15) is 0 Å². The van der Waals surface area contributed by atoms with Crippen molar-refractivity contribution in [1.82, 2.24) is 20.4 Å². The second kappa shape index (κ2) is 8.27. The highest BCUT2D eigenvalue weighted by Gasteiger charge is 2.09. The van der Waals surface area contributed by atoms with Crippen LogP contribution in [0.2, 0.25) is 0 Å². The summed E-state index contributed by atoms with van der Waals surface area (Å²) in [6.45, 7) is 2.20. The van der Waals surface area contributed by atoms with Crippen molar-refractivity contribution in [2.75, 3.05) is 0 Å². The molecule has 1 heterocycles. The highest BCUT2D eigenvalue weighted by atomic mass is 16.2. The summed E-state index contributed by atoms with van der Waals surface area (Å²) in [5.74, 6) is -0.788. The minimum Gasteiger partial charge on any atom is -0.298 e. The molecule has 0 spiro atoms. The van der Waals surface area contributed by atoms with Crippen LogP contribution in [-0.2, 0) is 17.8 Å². The van der Waals surface area contributed by atoms with E-state index in [9.17, 15) is 14.4 Å². The number of aryl methyl sites for hydroxylation is 2. The molecule has 3 rings (SSSR count). The van der Waals surface area contributed by atoms with Gasteiger partial charge in [0.15, 0.2) is 0 Å². The van der Waals surface area contributed by atoms with E-state index in [2.05, 4.69) is 15.8 Å². The predicted octanol–water partition coefficient (Wildman–Crippen LogP) is 1.81. The molecule has 1 aromatic heterocycles. The van der Waals surface area contributed by atoms with Gasteiger partial charge in [-0.2, -0.15) is 0 Å². The molecule has 7 heteroatoms. The van der Waals surface area contributed by atoms with Gasteiger partial charge in [-0.15, -0.1) is 0 Å². The molecule has 3 aromatic rings. The van der Waals surface area contributed by atoms with E-state index in [1.807, 2.05) is 25.1 Å². The van der Waals surface area contributed by atoms with Gasteiger partial charge < -0.3 is 0 Å². The number of nitrogens with one attached hydrogen (secondary N) is 2. The lowest BCUT2D eigenvalue weighted by molar-refractivity contribution is -0.122. The van der Waals surface area contributed by atoms with Crippen molar-refractivity contribution in [3.63, 3.8) is 0 Å². The monoisotopic (exact) mass is 364 g/mol. The van der Waals surface area contributed by atoms with Gasteiger partial charge in [0.2, 0.25) is 5.91 Å². The molecular weight excluding hydrogens is 344 g/mol. The van der Waals surface area contributed by atoms with Crippen molar-refractivity contribution in [3.05, 3.63) is 76.3 Å². The molecule has 0 atom stereocenters. The van der Waals surface area contributed by atoms with Gasteiger partial charge >= 0.3 is 0 Å². The quantitative estimate of drug-likeness (QED) is 0.675. The Morgan fingerprint density at radius 3 is 2.52 bits per heavy atom. The van der Waals surface area contributed by atoms with Crippen molar-refractivity contribution in [2.24, 2.45) is 0 Å². The first-order chi connectivity index (χ1) is 13.1. The third-order valence-electron chi connectivity index (χ3n) is 4.25. The summed E-state index contributed by atoms with van der Waals surface area (Å²) in [7, 11) is 0. The minimum absolute atomic E-state index is 0.0367. The molecule has 0 aliphatic carbocycles. The van der Waals surface area contributed by atoms with Crippen LogP contribution in [0.15, 0.2) is 59.7 Å². The number of aromatic nitrogens is 2. The number of hydrogen-bond acceptors (Lipinski definition) is 4. The van der Waals surface area contributed by atoms with E-state index in [4.69, 9.17) is 0 Å². The van der Waals surface area contributed by atoms with Crippen molar-refractivity contribution < 1.29 is 9.59 Å². The molecule has 2 amide bonds. The third kappa shape index (κ3) is 4.38. The number of amides is 2. The largest absolute Gasteiger partial charge is 0.298 e. The average Bonchev–Trinajstić information content (AvgIpc) is 2.71. The molecule has 0 bridgehead atoms. The van der Waals surface area contributed by atoms with Gasteiger partial charge in [0, 0.05) is 18.5 Å². The lowest BCUT2D eigenvalue weighted by atomic mass is 10.1. The van der Waals surface area contributed by atoms with E-state index in [1.54, 1.807) is 30.3 Å². The van der Waals surface area contributed by atoms with Gasteiger partial charge in [0.05, 0.1) is 17.2 Å². The number of rotatable bonds is 5. The Morgan fingerprint density at radius 2 is 1.78 bits per heavy atom. The summed E-state index contributed by atoms with van der Waals surface area (Å²) in [5.41, 5.74) is 6.74. The number of carbonyl (C=O) groups is 2. The third-order valence-corrected chi connectivity index (χ3v) is 4.25. The number of fused-ring (bicyclic) bond motifs is 1. The summed E-state index contributed by atoms with van der Waals surface area (Å²) in [5, 5.41) is 0.504. The molecule has 27 heavy (non-hydrogen) atoms. The number of nitrogens with zero attached hydrogens (tertiary/aromatic N) is 2. The Balaban J connectivity index is 1.54. The minimum atomic E-state index is -0.395. The molecule has 0 aliphatic heterocycles. The van der Waals surface area contributed by atoms with E-state index in [1.165, 1.54) is 10.9 Å². The molecule has 2 N–H and O–H groups in total. The van der Waals surface area contributed by atoms with Crippen LogP contribution in [0.5, 0.6) is 0 Å². The topological polar surface area (TPSA) is 93.1 Å². The second-order valence-electron chi connectivity index (χ2n) is 6.06. The summed E-state index contributed by atoms with van der Waals surface area (Å²) in [6.07, 6.45) is 2.35. The number of carbonyl (C=O) groups excluding carboxylic acids is 2. The van der Waals surface area contributed by atoms with Gasteiger partial charge in [-0.25, -0.2) is 4.98 Å². The van der Waals surface area contributed by atoms with E-state index in [-0.39, 0.29) is 18.5 Å². The lowest BCUT2D eigenvalue weighted by Crippen LogP contribution is -2.42. The van der Waals surface area contributed by atoms with Crippen LogP contribution < -0.4 is 16.4 Å². The lowest BCUT2D eigenvalue weighted by Gasteiger charge is -2.09. The first-order valence-corrected chi connectivity index (χ1v) is 8.71. The first-order valence-electron chi connectivity index (χ1n) is 8.71. The Bertz CT molecular complexity index is 1030. The molecule has 0 fully saturated rings. The molecule has 0 radical (unpaired) electrons. The maximum absolute atomic E-state index is 12.4. The first kappa shape index (κ1) is 18.3. The van der Waals surface area contributed by atoms with Crippen LogP contribution in [0.1, 0.15) is 29.3 Å². The fraction of sp³-hybridized carbons (Fsp3) is 0.200. The van der Waals surface area contributed by atoms with Gasteiger partial charge in [-0.05, 0) is 36.2 Å². The summed E-state index contributed by atoms with van der Waals surface area (Å²) < 4.78 is 1.38. The standard InChI is InChI=1S/C20H20N4O3/c1-2-14-7-9-15(10-8-14)19(26)23-22-18(25)11-12-24-13-21-17-6-4-3-5-16(17)20(24)27/h3-10,13H,2,11-12H2,1H3,(H,22,25)(H,23,26). The highest BCUT2D eigenvalue weighted by molar-refractivity contribution is 5.95. The van der Waals surface area contributed by atoms with E-state index >= 15 is 0 Å². The zero-order valence-corrected chi connectivity index (χ0v) is 14.9. The zero-order valence-electron chi connectivity index (χ0n) is 14.9. The SMILES string of the molecule is CCc1ccc(C(=O)NNC(=O)CCn2cnc3ccccc3c2=O)cc1. The molecule has 138 valence electrons. The molecule has 2 aromatic carbocycles. The zero-order chi connectivity index (χ0) is 19.2. The Morgan fingerprint density at radius 1 is 1.04 bits per heavy atom. The van der Waals surface area contributed by atoms with Crippen LogP contribution in [0.4, 0.5) is 0 Å². The molecular formula is C20H20N4O3. The van der Waals surface area contributed by atoms with E-state index in [0.717, 1.165) is 12.0 Å². The molecule has 0 aliphatic rings. The van der Waals surface area contributed by atoms with Crippen LogP contribution in [0.25, 0.3) is 10.9 Å². The Labute approximate surface area is 156 Å². The molecule has 7 nitrogen and oxygen atoms in total. The fourth-order valence-electron chi connectivity index (χ4n) is 2.64. The van der Waals surface area contributed by atoms with Gasteiger partial charge in [-0.1, -0.05) is 31.2 Å². The Kier molecular flexibility index (Phi) is 5.61. The van der Waals surface area contributed by atoms with Crippen molar-refractivity contribution in [1.29, 1.82) is 0 Å². The number of hydrazine groups is 1. The van der Waals surface area contributed by atoms with E-state index < -0.39 is 11.8 Å². The maximum Gasteiger partial charge on any atom is 0.269 e. The normalized spacial score (nSPS) is 10.6. The van der Waals surface area contributed by atoms with E-state index in [0.29, 0.717) is 16.5 Å². The number of para-hydroxylation sites is 1. The van der Waals surface area contributed by atoms with Gasteiger partial charge in [-0.3, -0.25) is 29.8 Å². The summed E-state index contributed by atoms with van der Waals surface area (Å²) in [4.78, 5) is 40.6. The molecule has 0 unspecified atom stereocenters. The average molecular weight is 364 g/mol. The molecule has 0 saturated carbocycles. The predicted molar refractivity (Wildman–Crippen MR) is 102 cm³/mol. The summed E-state index contributed by atoms with van der Waals surface area (Å²) >= 11 is 0. The Hall–Kier alpha value is -3.48. The number of benzene rings is 2. The highest BCUT2D eigenvalue weighted by Crippen LogP contribution is 2.05. The number of hydrogen-bond donors (Lipinski definition) is 2.